The first-order valence-electron chi connectivity index (χ1n) is 7.47. The number of fused-ring (bicyclic) bond motifs is 1. The van der Waals surface area contributed by atoms with Gasteiger partial charge in [0.25, 0.3) is 5.56 Å². The molecule has 0 aliphatic heterocycles. The lowest BCUT2D eigenvalue weighted by molar-refractivity contribution is 0.497. The molecule has 0 amide bonds. The third-order valence-corrected chi connectivity index (χ3v) is 3.81. The summed E-state index contributed by atoms with van der Waals surface area (Å²) < 4.78 is 3.46. The van der Waals surface area contributed by atoms with Crippen molar-refractivity contribution < 1.29 is 0 Å². The van der Waals surface area contributed by atoms with Crippen LogP contribution in [0.2, 0.25) is 0 Å². The minimum absolute atomic E-state index is 0.0523. The molecule has 6 nitrogen and oxygen atoms in total. The largest absolute Gasteiger partial charge is 0.288 e. The normalized spacial score (nSPS) is 12.7. The van der Waals surface area contributed by atoms with Gasteiger partial charge in [-0.05, 0) is 38.0 Å². The molecule has 0 aliphatic rings. The lowest BCUT2D eigenvalue weighted by Crippen LogP contribution is -2.26. The van der Waals surface area contributed by atoms with Gasteiger partial charge in [0.2, 0.25) is 0 Å². The Labute approximate surface area is 128 Å². The van der Waals surface area contributed by atoms with E-state index in [1.54, 1.807) is 10.9 Å². The number of aryl methyl sites for hydroxylation is 2. The predicted octanol–water partition coefficient (Wildman–Crippen LogP) is 2.32. The molecule has 1 atom stereocenters. The van der Waals surface area contributed by atoms with E-state index in [0.29, 0.717) is 5.39 Å². The molecule has 0 radical (unpaired) electrons. The van der Waals surface area contributed by atoms with Gasteiger partial charge in [0, 0.05) is 6.54 Å². The van der Waals surface area contributed by atoms with Crippen LogP contribution in [0.1, 0.15) is 37.7 Å². The summed E-state index contributed by atoms with van der Waals surface area (Å²) in [4.78, 5) is 21.4. The molecule has 0 N–H and O–H groups in total. The molecule has 114 valence electrons. The second-order valence-electron chi connectivity index (χ2n) is 5.49. The summed E-state index contributed by atoms with van der Waals surface area (Å²) in [6.07, 6.45) is 4.09. The SMILES string of the molecule is CCCn1ncnc1C(C)n1cnc2cc(C)ccc2c1=O. The van der Waals surface area contributed by atoms with Crippen LogP contribution in [0.3, 0.4) is 0 Å². The number of nitrogens with zero attached hydrogens (tertiary/aromatic N) is 5. The Hall–Kier alpha value is -2.50. The van der Waals surface area contributed by atoms with Gasteiger partial charge in [-0.25, -0.2) is 14.6 Å². The maximum atomic E-state index is 12.7. The second kappa shape index (κ2) is 5.71. The minimum Gasteiger partial charge on any atom is -0.288 e. The fraction of sp³-hybridized carbons (Fsp3) is 0.375. The molecule has 1 aromatic carbocycles. The van der Waals surface area contributed by atoms with Crippen molar-refractivity contribution in [1.82, 2.24) is 24.3 Å². The third-order valence-electron chi connectivity index (χ3n) is 3.81. The van der Waals surface area contributed by atoms with E-state index in [-0.39, 0.29) is 11.6 Å². The molecule has 6 heteroatoms. The molecule has 3 aromatic rings. The standard InChI is InChI=1S/C16H19N5O/c1-4-7-21-15(17-9-19-21)12(3)20-10-18-14-8-11(2)5-6-13(14)16(20)22/h5-6,8-10,12H,4,7H2,1-3H3. The number of hydrogen-bond acceptors (Lipinski definition) is 4. The molecule has 22 heavy (non-hydrogen) atoms. The van der Waals surface area contributed by atoms with Crippen molar-refractivity contribution in [2.75, 3.05) is 0 Å². The molecule has 0 fully saturated rings. The zero-order chi connectivity index (χ0) is 15.7. The molecule has 0 bridgehead atoms. The van der Waals surface area contributed by atoms with Crippen LogP contribution in [-0.4, -0.2) is 24.3 Å². The highest BCUT2D eigenvalue weighted by Crippen LogP contribution is 2.15. The van der Waals surface area contributed by atoms with Crippen LogP contribution < -0.4 is 5.56 Å². The van der Waals surface area contributed by atoms with Gasteiger partial charge < -0.3 is 0 Å². The van der Waals surface area contributed by atoms with Crippen molar-refractivity contribution in [2.24, 2.45) is 0 Å². The quantitative estimate of drug-likeness (QED) is 0.741. The fourth-order valence-corrected chi connectivity index (χ4v) is 2.63. The third kappa shape index (κ3) is 2.41. The fourth-order valence-electron chi connectivity index (χ4n) is 2.63. The van der Waals surface area contributed by atoms with E-state index in [2.05, 4.69) is 22.0 Å². The Morgan fingerprint density at radius 1 is 1.27 bits per heavy atom. The van der Waals surface area contributed by atoms with E-state index < -0.39 is 0 Å². The molecular weight excluding hydrogens is 278 g/mol. The Kier molecular flexibility index (Phi) is 3.75. The first kappa shape index (κ1) is 14.4. The van der Waals surface area contributed by atoms with Crippen molar-refractivity contribution in [3.63, 3.8) is 0 Å². The molecule has 0 saturated carbocycles. The number of rotatable bonds is 4. The highest BCUT2D eigenvalue weighted by molar-refractivity contribution is 5.77. The first-order valence-corrected chi connectivity index (χ1v) is 7.47. The summed E-state index contributed by atoms with van der Waals surface area (Å²) in [5.74, 6) is 0.775. The minimum atomic E-state index is -0.209. The average Bonchev–Trinajstić information content (AvgIpc) is 2.95. The van der Waals surface area contributed by atoms with Crippen molar-refractivity contribution in [2.45, 2.75) is 39.8 Å². The van der Waals surface area contributed by atoms with Crippen molar-refractivity contribution >= 4 is 10.9 Å². The van der Waals surface area contributed by atoms with Gasteiger partial charge in [-0.15, -0.1) is 0 Å². The molecule has 0 saturated heterocycles. The van der Waals surface area contributed by atoms with Gasteiger partial charge in [0.05, 0.1) is 23.3 Å². The summed E-state index contributed by atoms with van der Waals surface area (Å²) in [6.45, 7) is 6.80. The molecule has 1 unspecified atom stereocenters. The summed E-state index contributed by atoms with van der Waals surface area (Å²) >= 11 is 0. The Bertz CT molecular complexity index is 864. The summed E-state index contributed by atoms with van der Waals surface area (Å²) in [6, 6.07) is 5.48. The van der Waals surface area contributed by atoms with Crippen molar-refractivity contribution in [3.05, 3.63) is 52.6 Å². The maximum absolute atomic E-state index is 12.7. The Morgan fingerprint density at radius 3 is 2.86 bits per heavy atom. The number of hydrogen-bond donors (Lipinski definition) is 0. The van der Waals surface area contributed by atoms with E-state index in [1.807, 2.05) is 36.7 Å². The van der Waals surface area contributed by atoms with Gasteiger partial charge in [-0.3, -0.25) is 9.36 Å². The lowest BCUT2D eigenvalue weighted by Gasteiger charge is -2.15. The lowest BCUT2D eigenvalue weighted by atomic mass is 10.1. The summed E-state index contributed by atoms with van der Waals surface area (Å²) in [5, 5.41) is 4.85. The Morgan fingerprint density at radius 2 is 2.09 bits per heavy atom. The smallest absolute Gasteiger partial charge is 0.261 e. The van der Waals surface area contributed by atoms with E-state index in [4.69, 9.17) is 0 Å². The van der Waals surface area contributed by atoms with Gasteiger partial charge in [0.15, 0.2) is 0 Å². The van der Waals surface area contributed by atoms with Crippen LogP contribution >= 0.6 is 0 Å². The molecule has 0 aliphatic carbocycles. The van der Waals surface area contributed by atoms with E-state index >= 15 is 0 Å². The second-order valence-corrected chi connectivity index (χ2v) is 5.49. The summed E-state index contributed by atoms with van der Waals surface area (Å²) in [7, 11) is 0. The Balaban J connectivity index is 2.09. The van der Waals surface area contributed by atoms with Crippen LogP contribution in [0.4, 0.5) is 0 Å². The van der Waals surface area contributed by atoms with E-state index in [0.717, 1.165) is 29.9 Å². The van der Waals surface area contributed by atoms with Gasteiger partial charge in [-0.1, -0.05) is 13.0 Å². The van der Waals surface area contributed by atoms with Crippen LogP contribution in [0.5, 0.6) is 0 Å². The van der Waals surface area contributed by atoms with Gasteiger partial charge in [-0.2, -0.15) is 5.10 Å². The molecular formula is C16H19N5O. The van der Waals surface area contributed by atoms with E-state index in [1.165, 1.54) is 6.33 Å². The van der Waals surface area contributed by atoms with Crippen molar-refractivity contribution in [3.8, 4) is 0 Å². The molecule has 3 rings (SSSR count). The first-order chi connectivity index (χ1) is 10.6. The topological polar surface area (TPSA) is 65.6 Å². The highest BCUT2D eigenvalue weighted by atomic mass is 16.1. The van der Waals surface area contributed by atoms with Gasteiger partial charge in [0.1, 0.15) is 12.2 Å². The average molecular weight is 297 g/mol. The molecule has 2 heterocycles. The number of aromatic nitrogens is 5. The number of benzene rings is 1. The zero-order valence-corrected chi connectivity index (χ0v) is 13.0. The summed E-state index contributed by atoms with van der Waals surface area (Å²) in [5.41, 5.74) is 1.76. The maximum Gasteiger partial charge on any atom is 0.261 e. The molecule has 2 aromatic heterocycles. The van der Waals surface area contributed by atoms with Crippen molar-refractivity contribution in [1.29, 1.82) is 0 Å². The van der Waals surface area contributed by atoms with Crippen LogP contribution in [0.15, 0.2) is 35.6 Å². The monoisotopic (exact) mass is 297 g/mol. The zero-order valence-electron chi connectivity index (χ0n) is 13.0. The van der Waals surface area contributed by atoms with Gasteiger partial charge >= 0.3 is 0 Å². The molecule has 0 spiro atoms. The van der Waals surface area contributed by atoms with Crippen LogP contribution in [-0.2, 0) is 6.54 Å². The highest BCUT2D eigenvalue weighted by Gasteiger charge is 2.17. The van der Waals surface area contributed by atoms with Crippen LogP contribution in [0, 0.1) is 6.92 Å². The predicted molar refractivity (Wildman–Crippen MR) is 84.9 cm³/mol. The van der Waals surface area contributed by atoms with Crippen LogP contribution in [0.25, 0.3) is 10.9 Å². The van der Waals surface area contributed by atoms with E-state index in [9.17, 15) is 4.79 Å².